The van der Waals surface area contributed by atoms with Gasteiger partial charge in [0.05, 0.1) is 16.6 Å². The number of para-hydroxylation sites is 1. The van der Waals surface area contributed by atoms with E-state index in [4.69, 9.17) is 24.7 Å². The molecule has 13 rings (SSSR count). The average molecular weight is 817 g/mol. The maximum absolute atomic E-state index is 6.96. The third-order valence-corrected chi connectivity index (χ3v) is 13.0. The fraction of sp³-hybridized carbons (Fsp3) is 0.0169. The second-order valence-electron chi connectivity index (χ2n) is 16.5. The van der Waals surface area contributed by atoms with Crippen LogP contribution in [0.5, 0.6) is 11.5 Å². The highest BCUT2D eigenvalue weighted by Gasteiger charge is 2.51. The summed E-state index contributed by atoms with van der Waals surface area (Å²) in [6.07, 6.45) is 0. The number of nitrogens with zero attached hydrogens (tertiary/aromatic N) is 4. The smallest absolute Gasteiger partial charge is 0.164 e. The topological polar surface area (TPSA) is 60.8 Å². The molecule has 298 valence electrons. The molecule has 1 spiro atoms. The van der Waals surface area contributed by atoms with Crippen molar-refractivity contribution in [3.05, 3.63) is 241 Å². The van der Waals surface area contributed by atoms with Crippen molar-refractivity contribution < 1.29 is 4.74 Å². The molecule has 0 radical (unpaired) electrons. The predicted octanol–water partition coefficient (Wildman–Crippen LogP) is 14.4. The van der Waals surface area contributed by atoms with Crippen molar-refractivity contribution in [2.45, 2.75) is 5.41 Å². The van der Waals surface area contributed by atoms with Crippen LogP contribution in [-0.4, -0.2) is 19.9 Å². The van der Waals surface area contributed by atoms with Gasteiger partial charge in [-0.3, -0.25) is 0 Å². The van der Waals surface area contributed by atoms with Gasteiger partial charge in [-0.05, 0) is 63.0 Å². The molecule has 0 saturated heterocycles. The molecule has 0 unspecified atom stereocenters. The maximum atomic E-state index is 6.96. The molecule has 0 bridgehead atoms. The maximum Gasteiger partial charge on any atom is 0.164 e. The molecule has 0 fully saturated rings. The van der Waals surface area contributed by atoms with E-state index in [-0.39, 0.29) is 0 Å². The zero-order valence-electron chi connectivity index (χ0n) is 34.5. The first kappa shape index (κ1) is 36.1. The molecule has 9 aromatic carbocycles. The van der Waals surface area contributed by atoms with Crippen LogP contribution in [0, 0.1) is 0 Å². The molecule has 11 aromatic rings. The summed E-state index contributed by atoms with van der Waals surface area (Å²) in [5, 5.41) is 3.15. The van der Waals surface area contributed by atoms with Gasteiger partial charge in [0, 0.05) is 44.2 Å². The average Bonchev–Trinajstić information content (AvgIpc) is 3.66. The minimum absolute atomic E-state index is 0.578. The SMILES string of the molecule is c1ccc(-c2ccc(-c3nc(-c4ccccc4)nc(-c4ccc5c(c4)nc(-c4ccccc4)c4cc6c(cc45)C4(c5ccccc5O6)c5ccccc5-c5ccccc54)n3)cc2)cc1. The second kappa shape index (κ2) is 14.3. The van der Waals surface area contributed by atoms with Gasteiger partial charge in [-0.2, -0.15) is 0 Å². The summed E-state index contributed by atoms with van der Waals surface area (Å²) in [7, 11) is 0. The predicted molar refractivity (Wildman–Crippen MR) is 257 cm³/mol. The minimum atomic E-state index is -0.595. The summed E-state index contributed by atoms with van der Waals surface area (Å²) in [5.41, 5.74) is 14.4. The van der Waals surface area contributed by atoms with Gasteiger partial charge in [-0.1, -0.05) is 194 Å². The Labute approximate surface area is 370 Å². The quantitative estimate of drug-likeness (QED) is 0.162. The number of hydrogen-bond donors (Lipinski definition) is 0. The monoisotopic (exact) mass is 816 g/mol. The van der Waals surface area contributed by atoms with Gasteiger partial charge in [0.2, 0.25) is 0 Å². The van der Waals surface area contributed by atoms with Crippen molar-refractivity contribution in [2.24, 2.45) is 0 Å². The molecule has 5 heteroatoms. The van der Waals surface area contributed by atoms with Crippen LogP contribution in [0.15, 0.2) is 218 Å². The summed E-state index contributed by atoms with van der Waals surface area (Å²) < 4.78 is 6.96. The normalized spacial score (nSPS) is 12.9. The number of pyridine rings is 1. The molecule has 64 heavy (non-hydrogen) atoms. The number of ether oxygens (including phenoxy) is 1. The van der Waals surface area contributed by atoms with Crippen LogP contribution in [0.1, 0.15) is 22.3 Å². The lowest BCUT2D eigenvalue weighted by atomic mass is 9.65. The Bertz CT molecular complexity index is 3580. The Kier molecular flexibility index (Phi) is 8.06. The Morgan fingerprint density at radius 1 is 0.297 bits per heavy atom. The van der Waals surface area contributed by atoms with Gasteiger partial charge in [0.1, 0.15) is 11.5 Å². The largest absolute Gasteiger partial charge is 0.457 e. The summed E-state index contributed by atoms with van der Waals surface area (Å²) in [6, 6.07) is 76.7. The van der Waals surface area contributed by atoms with E-state index in [0.29, 0.717) is 17.5 Å². The Morgan fingerprint density at radius 2 is 0.781 bits per heavy atom. The standard InChI is InChI=1S/C59H36N4O/c1-4-16-37(17-5-1)38-28-30-41(31-29-38)57-61-56(40-20-8-3-9-21-40)62-58(63-57)42-32-33-45-46-35-51-54(36-47(46)55(60-52(45)34-42)39-18-6-2-7-19-39)64-53-27-15-14-26-50(53)59(51)48-24-12-10-22-43(48)44-23-11-13-25-49(44)59/h1-36H. The molecular weight excluding hydrogens is 781 g/mol. The second-order valence-corrected chi connectivity index (χ2v) is 16.5. The van der Waals surface area contributed by atoms with Gasteiger partial charge in [-0.25, -0.2) is 19.9 Å². The van der Waals surface area contributed by atoms with Crippen LogP contribution in [-0.2, 0) is 5.41 Å². The lowest BCUT2D eigenvalue weighted by Crippen LogP contribution is -2.32. The van der Waals surface area contributed by atoms with Crippen LogP contribution in [0.4, 0.5) is 0 Å². The summed E-state index contributed by atoms with van der Waals surface area (Å²) >= 11 is 0. The number of benzene rings is 9. The molecule has 1 aliphatic heterocycles. The van der Waals surface area contributed by atoms with Gasteiger partial charge < -0.3 is 4.74 Å². The van der Waals surface area contributed by atoms with Crippen molar-refractivity contribution in [1.82, 2.24) is 19.9 Å². The number of fused-ring (bicyclic) bond motifs is 12. The van der Waals surface area contributed by atoms with E-state index in [1.165, 1.54) is 22.3 Å². The molecule has 0 amide bonds. The summed E-state index contributed by atoms with van der Waals surface area (Å²) in [6.45, 7) is 0. The van der Waals surface area contributed by atoms with E-state index >= 15 is 0 Å². The first-order valence-electron chi connectivity index (χ1n) is 21.6. The van der Waals surface area contributed by atoms with E-state index in [1.807, 2.05) is 42.5 Å². The summed E-state index contributed by atoms with van der Waals surface area (Å²) in [4.78, 5) is 20.8. The lowest BCUT2D eigenvalue weighted by molar-refractivity contribution is 0.437. The molecular formula is C59H36N4O. The highest BCUT2D eigenvalue weighted by molar-refractivity contribution is 6.13. The molecule has 2 aromatic heterocycles. The Hall–Kier alpha value is -8.54. The minimum Gasteiger partial charge on any atom is -0.457 e. The third-order valence-electron chi connectivity index (χ3n) is 13.0. The third kappa shape index (κ3) is 5.51. The van der Waals surface area contributed by atoms with E-state index in [2.05, 4.69) is 176 Å². The zero-order chi connectivity index (χ0) is 42.2. The molecule has 0 N–H and O–H groups in total. The fourth-order valence-corrected chi connectivity index (χ4v) is 10.1. The molecule has 0 atom stereocenters. The van der Waals surface area contributed by atoms with E-state index in [1.54, 1.807) is 0 Å². The van der Waals surface area contributed by atoms with E-state index in [9.17, 15) is 0 Å². The van der Waals surface area contributed by atoms with Crippen molar-refractivity contribution in [3.63, 3.8) is 0 Å². The molecule has 0 saturated carbocycles. The van der Waals surface area contributed by atoms with Crippen molar-refractivity contribution in [3.8, 4) is 79.2 Å². The van der Waals surface area contributed by atoms with Crippen molar-refractivity contribution in [2.75, 3.05) is 0 Å². The highest BCUT2D eigenvalue weighted by atomic mass is 16.5. The zero-order valence-corrected chi connectivity index (χ0v) is 34.5. The Morgan fingerprint density at radius 3 is 1.44 bits per heavy atom. The number of rotatable bonds is 5. The first-order valence-corrected chi connectivity index (χ1v) is 21.6. The highest BCUT2D eigenvalue weighted by Crippen LogP contribution is 2.62. The lowest BCUT2D eigenvalue weighted by Gasteiger charge is -2.39. The van der Waals surface area contributed by atoms with Crippen molar-refractivity contribution in [1.29, 1.82) is 0 Å². The van der Waals surface area contributed by atoms with Gasteiger partial charge in [0.15, 0.2) is 17.5 Å². The van der Waals surface area contributed by atoms with Crippen LogP contribution in [0.2, 0.25) is 0 Å². The molecule has 2 aliphatic rings. The van der Waals surface area contributed by atoms with Crippen molar-refractivity contribution >= 4 is 21.7 Å². The Balaban J connectivity index is 1.04. The van der Waals surface area contributed by atoms with Crippen LogP contribution >= 0.6 is 0 Å². The number of aromatic nitrogens is 4. The van der Waals surface area contributed by atoms with Gasteiger partial charge in [0.25, 0.3) is 0 Å². The van der Waals surface area contributed by atoms with E-state index < -0.39 is 5.41 Å². The van der Waals surface area contributed by atoms with Crippen LogP contribution in [0.3, 0.4) is 0 Å². The number of hydrogen-bond acceptors (Lipinski definition) is 5. The van der Waals surface area contributed by atoms with Crippen LogP contribution < -0.4 is 4.74 Å². The molecule has 5 nitrogen and oxygen atoms in total. The molecule has 3 heterocycles. The van der Waals surface area contributed by atoms with Gasteiger partial charge in [-0.15, -0.1) is 0 Å². The molecule has 1 aliphatic carbocycles. The fourth-order valence-electron chi connectivity index (χ4n) is 10.1. The first-order chi connectivity index (χ1) is 31.7. The van der Waals surface area contributed by atoms with Crippen LogP contribution in [0.25, 0.3) is 89.4 Å². The van der Waals surface area contributed by atoms with E-state index in [0.717, 1.165) is 83.4 Å². The summed E-state index contributed by atoms with van der Waals surface area (Å²) in [5.74, 6) is 3.48. The van der Waals surface area contributed by atoms with Gasteiger partial charge >= 0.3 is 0 Å².